The SMILES string of the molecule is O=C(NC1COC1)c1ccc(C#Cc2cccc(F)c2)nc1.O=C(O)C(F)(F)F. The Labute approximate surface area is 162 Å². The molecule has 29 heavy (non-hydrogen) atoms. The van der Waals surface area contributed by atoms with Crippen molar-refractivity contribution < 1.29 is 37.0 Å². The van der Waals surface area contributed by atoms with Crippen LogP contribution >= 0.6 is 0 Å². The number of carbonyl (C=O) groups excluding carboxylic acids is 1. The van der Waals surface area contributed by atoms with Gasteiger partial charge < -0.3 is 15.2 Å². The molecule has 0 saturated carbocycles. The van der Waals surface area contributed by atoms with E-state index in [-0.39, 0.29) is 17.8 Å². The first kappa shape index (κ1) is 21.8. The number of halogens is 4. The predicted octanol–water partition coefficient (Wildman–Crippen LogP) is 2.38. The van der Waals surface area contributed by atoms with Gasteiger partial charge in [0, 0.05) is 11.8 Å². The molecule has 2 heterocycles. The fourth-order valence-corrected chi connectivity index (χ4v) is 1.89. The Morgan fingerprint density at radius 2 is 1.86 bits per heavy atom. The molecule has 1 aliphatic heterocycles. The smallest absolute Gasteiger partial charge is 0.475 e. The van der Waals surface area contributed by atoms with Crippen LogP contribution in [0.3, 0.4) is 0 Å². The molecule has 1 aliphatic rings. The highest BCUT2D eigenvalue weighted by Crippen LogP contribution is 2.13. The van der Waals surface area contributed by atoms with Crippen molar-refractivity contribution in [3.05, 3.63) is 65.2 Å². The lowest BCUT2D eigenvalue weighted by molar-refractivity contribution is -0.192. The number of aromatic nitrogens is 1. The molecule has 10 heteroatoms. The third kappa shape index (κ3) is 7.23. The van der Waals surface area contributed by atoms with Gasteiger partial charge in [-0.25, -0.2) is 14.2 Å². The van der Waals surface area contributed by atoms with Crippen LogP contribution in [0.25, 0.3) is 0 Å². The van der Waals surface area contributed by atoms with Crippen molar-refractivity contribution in [2.45, 2.75) is 12.2 Å². The van der Waals surface area contributed by atoms with Gasteiger partial charge in [0.05, 0.1) is 24.8 Å². The number of aliphatic carboxylic acids is 1. The first-order valence-corrected chi connectivity index (χ1v) is 8.07. The van der Waals surface area contributed by atoms with E-state index < -0.39 is 12.1 Å². The second-order valence-corrected chi connectivity index (χ2v) is 5.70. The number of carboxylic acid groups (broad SMARTS) is 1. The number of carbonyl (C=O) groups is 2. The van der Waals surface area contributed by atoms with Crippen LogP contribution < -0.4 is 5.32 Å². The zero-order chi connectivity index (χ0) is 21.4. The number of nitrogens with zero attached hydrogens (tertiary/aromatic N) is 1. The van der Waals surface area contributed by atoms with Crippen LogP contribution in [0.2, 0.25) is 0 Å². The lowest BCUT2D eigenvalue weighted by Crippen LogP contribution is -2.48. The van der Waals surface area contributed by atoms with Crippen molar-refractivity contribution in [1.82, 2.24) is 10.3 Å². The van der Waals surface area contributed by atoms with Crippen molar-refractivity contribution in [3.63, 3.8) is 0 Å². The number of pyridine rings is 1. The average Bonchev–Trinajstić information content (AvgIpc) is 2.63. The zero-order valence-corrected chi connectivity index (χ0v) is 14.7. The summed E-state index contributed by atoms with van der Waals surface area (Å²) in [5.74, 6) is 2.41. The normalized spacial score (nSPS) is 13.1. The number of hydrogen-bond donors (Lipinski definition) is 2. The molecule has 1 amide bonds. The molecule has 0 bridgehead atoms. The van der Waals surface area contributed by atoms with Gasteiger partial charge in [-0.05, 0) is 36.3 Å². The third-order valence-electron chi connectivity index (χ3n) is 3.40. The molecular weight excluding hydrogens is 396 g/mol. The maximum Gasteiger partial charge on any atom is 0.490 e. The average molecular weight is 410 g/mol. The molecule has 6 nitrogen and oxygen atoms in total. The van der Waals surface area contributed by atoms with E-state index in [1.165, 1.54) is 18.3 Å². The second kappa shape index (κ2) is 9.66. The van der Waals surface area contributed by atoms with Crippen molar-refractivity contribution in [3.8, 4) is 11.8 Å². The van der Waals surface area contributed by atoms with Crippen LogP contribution in [-0.2, 0) is 9.53 Å². The Bertz CT molecular complexity index is 930. The van der Waals surface area contributed by atoms with Crippen LogP contribution in [0.5, 0.6) is 0 Å². The summed E-state index contributed by atoms with van der Waals surface area (Å²) in [6.45, 7) is 1.10. The summed E-state index contributed by atoms with van der Waals surface area (Å²) >= 11 is 0. The van der Waals surface area contributed by atoms with Crippen LogP contribution in [-0.4, -0.2) is 47.4 Å². The molecule has 0 radical (unpaired) electrons. The number of rotatable bonds is 2. The minimum atomic E-state index is -5.08. The standard InChI is InChI=1S/C17H13FN2O2.C2HF3O2/c18-14-3-1-2-12(8-14)4-6-15-7-5-13(9-19-15)17(21)20-16-10-22-11-16;3-2(4,5)1(6)7/h1-3,5,7-9,16H,10-11H2,(H,20,21);(H,6,7). The quantitative estimate of drug-likeness (QED) is 0.586. The van der Waals surface area contributed by atoms with Crippen LogP contribution in [0, 0.1) is 17.7 Å². The predicted molar refractivity (Wildman–Crippen MR) is 92.4 cm³/mol. The Morgan fingerprint density at radius 1 is 1.17 bits per heavy atom. The van der Waals surface area contributed by atoms with E-state index in [1.807, 2.05) is 0 Å². The second-order valence-electron chi connectivity index (χ2n) is 5.70. The van der Waals surface area contributed by atoms with Gasteiger partial charge in [0.15, 0.2) is 0 Å². The lowest BCUT2D eigenvalue weighted by atomic mass is 10.2. The third-order valence-corrected chi connectivity index (χ3v) is 3.40. The van der Waals surface area contributed by atoms with Gasteiger partial charge >= 0.3 is 12.1 Å². The van der Waals surface area contributed by atoms with Gasteiger partial charge in [0.1, 0.15) is 11.5 Å². The van der Waals surface area contributed by atoms with Crippen molar-refractivity contribution in [1.29, 1.82) is 0 Å². The van der Waals surface area contributed by atoms with Gasteiger partial charge in [-0.15, -0.1) is 0 Å². The van der Waals surface area contributed by atoms with Crippen LogP contribution in [0.1, 0.15) is 21.6 Å². The van der Waals surface area contributed by atoms with Gasteiger partial charge in [-0.3, -0.25) is 4.79 Å². The van der Waals surface area contributed by atoms with E-state index in [0.29, 0.717) is 30.0 Å². The lowest BCUT2D eigenvalue weighted by Gasteiger charge is -2.26. The molecule has 1 fully saturated rings. The highest BCUT2D eigenvalue weighted by atomic mass is 19.4. The minimum Gasteiger partial charge on any atom is -0.475 e. The summed E-state index contributed by atoms with van der Waals surface area (Å²) in [5.41, 5.74) is 1.57. The highest BCUT2D eigenvalue weighted by molar-refractivity contribution is 5.94. The number of benzene rings is 1. The number of hydrogen-bond acceptors (Lipinski definition) is 4. The Morgan fingerprint density at radius 3 is 2.34 bits per heavy atom. The monoisotopic (exact) mass is 410 g/mol. The van der Waals surface area contributed by atoms with E-state index in [0.717, 1.165) is 0 Å². The molecule has 0 aliphatic carbocycles. The summed E-state index contributed by atoms with van der Waals surface area (Å²) in [7, 11) is 0. The van der Waals surface area contributed by atoms with Gasteiger partial charge in [-0.1, -0.05) is 12.0 Å². The van der Waals surface area contributed by atoms with E-state index in [9.17, 15) is 22.4 Å². The maximum absolute atomic E-state index is 13.0. The van der Waals surface area contributed by atoms with Gasteiger partial charge in [0.2, 0.25) is 0 Å². The minimum absolute atomic E-state index is 0.0833. The summed E-state index contributed by atoms with van der Waals surface area (Å²) < 4.78 is 49.8. The van der Waals surface area contributed by atoms with Crippen molar-refractivity contribution >= 4 is 11.9 Å². The number of amides is 1. The van der Waals surface area contributed by atoms with Crippen molar-refractivity contribution in [2.75, 3.05) is 13.2 Å². The highest BCUT2D eigenvalue weighted by Gasteiger charge is 2.38. The zero-order valence-electron chi connectivity index (χ0n) is 14.7. The van der Waals surface area contributed by atoms with Crippen LogP contribution in [0.15, 0.2) is 42.6 Å². The van der Waals surface area contributed by atoms with E-state index >= 15 is 0 Å². The molecule has 1 saturated heterocycles. The number of alkyl halides is 3. The molecular formula is C19H14F4N2O4. The van der Waals surface area contributed by atoms with E-state index in [4.69, 9.17) is 14.6 Å². The molecule has 0 unspecified atom stereocenters. The molecule has 152 valence electrons. The molecule has 1 aromatic carbocycles. The maximum atomic E-state index is 13.0. The number of carboxylic acids is 1. The Balaban J connectivity index is 0.000000370. The summed E-state index contributed by atoms with van der Waals surface area (Å²) in [5, 5.41) is 9.96. The van der Waals surface area contributed by atoms with Crippen LogP contribution in [0.4, 0.5) is 17.6 Å². The van der Waals surface area contributed by atoms with E-state index in [2.05, 4.69) is 22.1 Å². The molecule has 2 aromatic rings. The topological polar surface area (TPSA) is 88.5 Å². The van der Waals surface area contributed by atoms with Crippen molar-refractivity contribution in [2.24, 2.45) is 0 Å². The summed E-state index contributed by atoms with van der Waals surface area (Å²) in [6, 6.07) is 9.46. The molecule has 3 rings (SSSR count). The first-order chi connectivity index (χ1) is 13.6. The Hall–Kier alpha value is -3.45. The largest absolute Gasteiger partial charge is 0.490 e. The molecule has 0 atom stereocenters. The molecule has 0 spiro atoms. The number of nitrogens with one attached hydrogen (secondary N) is 1. The molecule has 2 N–H and O–H groups in total. The number of ether oxygens (including phenoxy) is 1. The van der Waals surface area contributed by atoms with Gasteiger partial charge in [0.25, 0.3) is 5.91 Å². The summed E-state index contributed by atoms with van der Waals surface area (Å²) in [6.07, 6.45) is -3.61. The Kier molecular flexibility index (Phi) is 7.27. The van der Waals surface area contributed by atoms with E-state index in [1.54, 1.807) is 24.3 Å². The summed E-state index contributed by atoms with van der Waals surface area (Å²) in [4.78, 5) is 24.9. The fraction of sp³-hybridized carbons (Fsp3) is 0.211. The first-order valence-electron chi connectivity index (χ1n) is 8.07. The fourth-order valence-electron chi connectivity index (χ4n) is 1.89. The van der Waals surface area contributed by atoms with Gasteiger partial charge in [-0.2, -0.15) is 13.2 Å². The molecule has 1 aromatic heterocycles.